The van der Waals surface area contributed by atoms with Crippen LogP contribution in [-0.2, 0) is 66.3 Å². The van der Waals surface area contributed by atoms with E-state index in [0.29, 0.717) is 0 Å². The molecule has 0 radical (unpaired) electrons. The van der Waals surface area contributed by atoms with Crippen molar-refractivity contribution in [3.8, 4) is 0 Å². The Hall–Kier alpha value is -0.560. The average Bonchev–Trinajstić information content (AvgIpc) is 3.31. The lowest BCUT2D eigenvalue weighted by Gasteiger charge is -2.51. The number of rotatable bonds is 0. The molecule has 14 heteroatoms. The summed E-state index contributed by atoms with van der Waals surface area (Å²) < 4.78 is 96.1. The lowest BCUT2D eigenvalue weighted by atomic mass is 9.81. The SMILES string of the molecule is CC1OC2O[C@@H]3C(C)O[C@@H](O[C@@H]4C(C)O[C@H](O[C@@H]5C(C)O[C@@H](O[C@@H]6C(C)O[C@H](O[C@@H]7C(C)OC(O[C@@H]8C(C)O[C@H](O[C@H]1C(C)[C@@H]2C)[C@@H](C)C8C)[C@@H](C)C7C)[C@@H](C)C6C)[C@@H](C)C5C)C(C)[C@H]4C)C(C)[C@H]3C. The highest BCUT2D eigenvalue weighted by atomic mass is 16.8. The zero-order valence-corrected chi connectivity index (χ0v) is 46.9. The largest absolute Gasteiger partial charge is 0.347 e. The van der Waals surface area contributed by atoms with E-state index in [0.717, 1.165) is 0 Å². The highest BCUT2D eigenvalue weighted by Gasteiger charge is 2.54. The minimum Gasteiger partial charge on any atom is -0.347 e. The topological polar surface area (TPSA) is 129 Å². The molecular formula is C56H98O14. The molecule has 16 unspecified atom stereocenters. The van der Waals surface area contributed by atoms with Gasteiger partial charge in [0.1, 0.15) is 0 Å². The second-order valence-corrected chi connectivity index (χ2v) is 24.7. The lowest BCUT2D eigenvalue weighted by Crippen LogP contribution is -2.59. The van der Waals surface area contributed by atoms with Gasteiger partial charge in [0.25, 0.3) is 0 Å². The van der Waals surface area contributed by atoms with Crippen LogP contribution in [-0.4, -0.2) is 129 Å². The molecule has 0 spiro atoms. The summed E-state index contributed by atoms with van der Waals surface area (Å²) in [6, 6.07) is 0. The first-order valence-corrected chi connectivity index (χ1v) is 28.1. The molecule has 406 valence electrons. The summed E-state index contributed by atoms with van der Waals surface area (Å²) >= 11 is 0. The Morgan fingerprint density at radius 1 is 0.129 bits per heavy atom. The predicted molar refractivity (Wildman–Crippen MR) is 263 cm³/mol. The number of ether oxygens (including phenoxy) is 14. The Balaban J connectivity index is 1.02. The summed E-state index contributed by atoms with van der Waals surface area (Å²) in [5, 5.41) is 0. The second-order valence-electron chi connectivity index (χ2n) is 24.7. The molecule has 21 rings (SSSR count). The lowest BCUT2D eigenvalue weighted by molar-refractivity contribution is -0.364. The molecule has 0 N–H and O–H groups in total. The van der Waals surface area contributed by atoms with Gasteiger partial charge in [-0.1, -0.05) is 96.9 Å². The zero-order valence-electron chi connectivity index (χ0n) is 46.9. The molecule has 70 heavy (non-hydrogen) atoms. The zero-order chi connectivity index (χ0) is 51.1. The third-order valence-corrected chi connectivity index (χ3v) is 20.2. The Kier molecular flexibility index (Phi) is 17.6. The Labute approximate surface area is 422 Å². The van der Waals surface area contributed by atoms with Crippen molar-refractivity contribution in [2.45, 2.75) is 275 Å². The quantitative estimate of drug-likeness (QED) is 0.228. The molecule has 0 saturated carbocycles. The van der Waals surface area contributed by atoms with Crippen LogP contribution in [0.15, 0.2) is 0 Å². The molecule has 35 atom stereocenters. The van der Waals surface area contributed by atoms with E-state index in [-0.39, 0.29) is 168 Å². The molecule has 0 aromatic carbocycles. The van der Waals surface area contributed by atoms with Crippen LogP contribution < -0.4 is 0 Å². The highest BCUT2D eigenvalue weighted by Crippen LogP contribution is 2.46. The minimum atomic E-state index is -0.419. The van der Waals surface area contributed by atoms with Gasteiger partial charge in [0.2, 0.25) is 0 Å². The van der Waals surface area contributed by atoms with Crippen LogP contribution in [0.1, 0.15) is 145 Å². The van der Waals surface area contributed by atoms with Gasteiger partial charge in [-0.3, -0.25) is 0 Å². The van der Waals surface area contributed by atoms with E-state index in [1.54, 1.807) is 0 Å². The van der Waals surface area contributed by atoms with Gasteiger partial charge in [-0.25, -0.2) is 0 Å². The standard InChI is InChI=1S/C56H98O14/c1-22-29(8)50-57-36(15)43(22)64-51-30(9)23(2)45(38(17)58-51)66-53-32(11)25(4)47(40(19)60-53)68-55-34(13)27(6)49(42(21)62-55)70-56-35(14)28(7)48(41(20)63-56)69-54-33(12)26(5)46(39(18)61-54)67-52-31(10)24(3)44(65-50)37(16)59-52/h22-56H,1-21H3/t22-,23-,24?,25?,26?,27?,28?,29?,30?,31+,32+,33+,34+,35+,36?,37?,38?,39?,40?,41?,42?,43+,44+,45+,46+,47+,48+,49+,50-,51+,52+,53?,54-,55-,56?/m1/s1. The summed E-state index contributed by atoms with van der Waals surface area (Å²) in [5.74, 6) is 1.37. The monoisotopic (exact) mass is 995 g/mol. The summed E-state index contributed by atoms with van der Waals surface area (Å²) in [6.45, 7) is 46.0. The van der Waals surface area contributed by atoms with E-state index in [2.05, 4.69) is 145 Å². The summed E-state index contributed by atoms with van der Waals surface area (Å²) in [4.78, 5) is 0. The average molecular weight is 995 g/mol. The molecule has 0 aliphatic carbocycles. The van der Waals surface area contributed by atoms with Gasteiger partial charge in [0.05, 0.1) is 85.5 Å². The fraction of sp³-hybridized carbons (Fsp3) is 1.00. The first-order valence-electron chi connectivity index (χ1n) is 28.1. The van der Waals surface area contributed by atoms with E-state index < -0.39 is 44.0 Å². The van der Waals surface area contributed by atoms with Crippen molar-refractivity contribution in [1.82, 2.24) is 0 Å². The molecule has 21 saturated heterocycles. The third-order valence-electron chi connectivity index (χ3n) is 20.2. The van der Waals surface area contributed by atoms with Gasteiger partial charge in [0.15, 0.2) is 44.0 Å². The Bertz CT molecular complexity index is 1360. The van der Waals surface area contributed by atoms with E-state index in [1.807, 2.05) is 0 Å². The number of hydrogen-bond donors (Lipinski definition) is 0. The summed E-state index contributed by atoms with van der Waals surface area (Å²) in [5.41, 5.74) is 0. The van der Waals surface area contributed by atoms with Crippen molar-refractivity contribution >= 4 is 0 Å². The minimum absolute atomic E-state index is 0.0576. The van der Waals surface area contributed by atoms with Crippen LogP contribution in [0.2, 0.25) is 0 Å². The van der Waals surface area contributed by atoms with Crippen LogP contribution in [0.3, 0.4) is 0 Å². The predicted octanol–water partition coefficient (Wildman–Crippen LogP) is 9.82. The van der Waals surface area contributed by atoms with E-state index in [1.165, 1.54) is 0 Å². The van der Waals surface area contributed by atoms with Gasteiger partial charge >= 0.3 is 0 Å². The number of hydrogen-bond acceptors (Lipinski definition) is 14. The van der Waals surface area contributed by atoms with Crippen molar-refractivity contribution in [2.75, 3.05) is 0 Å². The summed E-state index contributed by atoms with van der Waals surface area (Å²) in [6.07, 6.45) is -5.78. The third kappa shape index (κ3) is 10.6. The van der Waals surface area contributed by atoms with Crippen LogP contribution in [0.5, 0.6) is 0 Å². The summed E-state index contributed by atoms with van der Waals surface area (Å²) in [7, 11) is 0. The van der Waals surface area contributed by atoms with Crippen molar-refractivity contribution in [1.29, 1.82) is 0 Å². The molecule has 0 aromatic rings. The van der Waals surface area contributed by atoms with Crippen molar-refractivity contribution in [3.05, 3.63) is 0 Å². The van der Waals surface area contributed by atoms with Crippen molar-refractivity contribution < 1.29 is 66.3 Å². The normalized spacial score (nSPS) is 59.7. The molecule has 0 aromatic heterocycles. The molecule has 21 aliphatic rings. The smallest absolute Gasteiger partial charge is 0.161 e. The van der Waals surface area contributed by atoms with Gasteiger partial charge in [-0.2, -0.15) is 0 Å². The van der Waals surface area contributed by atoms with Gasteiger partial charge in [-0.15, -0.1) is 0 Å². The molecule has 14 nitrogen and oxygen atoms in total. The Morgan fingerprint density at radius 2 is 0.229 bits per heavy atom. The molecule has 21 aliphatic heterocycles. The fourth-order valence-corrected chi connectivity index (χ4v) is 13.5. The fourth-order valence-electron chi connectivity index (χ4n) is 13.5. The van der Waals surface area contributed by atoms with Crippen molar-refractivity contribution in [2.24, 2.45) is 82.9 Å². The first-order chi connectivity index (χ1) is 32.9. The maximum atomic E-state index is 6.97. The van der Waals surface area contributed by atoms with Crippen LogP contribution in [0.25, 0.3) is 0 Å². The van der Waals surface area contributed by atoms with Gasteiger partial charge in [0, 0.05) is 41.4 Å². The molecule has 14 bridgehead atoms. The molecule has 21 heterocycles. The molecule has 21 fully saturated rings. The maximum Gasteiger partial charge on any atom is 0.161 e. The van der Waals surface area contributed by atoms with E-state index in [4.69, 9.17) is 66.3 Å². The van der Waals surface area contributed by atoms with E-state index in [9.17, 15) is 0 Å². The molecule has 0 amide bonds. The molecular weight excluding hydrogens is 897 g/mol. The van der Waals surface area contributed by atoms with Gasteiger partial charge < -0.3 is 66.3 Å². The second kappa shape index (κ2) is 22.2. The highest BCUT2D eigenvalue weighted by molar-refractivity contribution is 4.96. The Morgan fingerprint density at radius 3 is 0.329 bits per heavy atom. The van der Waals surface area contributed by atoms with Gasteiger partial charge in [-0.05, 0) is 89.9 Å². The van der Waals surface area contributed by atoms with Crippen LogP contribution in [0.4, 0.5) is 0 Å². The first kappa shape index (κ1) is 55.7. The van der Waals surface area contributed by atoms with E-state index >= 15 is 0 Å². The van der Waals surface area contributed by atoms with Crippen molar-refractivity contribution in [3.63, 3.8) is 0 Å². The van der Waals surface area contributed by atoms with Crippen LogP contribution >= 0.6 is 0 Å². The van der Waals surface area contributed by atoms with Crippen LogP contribution in [0, 0.1) is 82.9 Å². The maximum absolute atomic E-state index is 6.97.